The van der Waals surface area contributed by atoms with E-state index in [9.17, 15) is 4.79 Å². The number of rotatable bonds is 6. The lowest BCUT2D eigenvalue weighted by molar-refractivity contribution is -0.126. The molecular formula is C18H25NO4. The van der Waals surface area contributed by atoms with Gasteiger partial charge in [0.2, 0.25) is 11.7 Å². The Labute approximate surface area is 137 Å². The van der Waals surface area contributed by atoms with Crippen LogP contribution in [0.15, 0.2) is 18.2 Å². The third-order valence-corrected chi connectivity index (χ3v) is 4.33. The van der Waals surface area contributed by atoms with Crippen molar-refractivity contribution in [1.29, 1.82) is 0 Å². The van der Waals surface area contributed by atoms with Crippen molar-refractivity contribution in [3.8, 4) is 17.2 Å². The fraction of sp³-hybridized carbons (Fsp3) is 0.500. The van der Waals surface area contributed by atoms with Gasteiger partial charge in [-0.05, 0) is 36.6 Å². The molecule has 1 amide bonds. The van der Waals surface area contributed by atoms with Crippen molar-refractivity contribution in [2.45, 2.75) is 31.7 Å². The summed E-state index contributed by atoms with van der Waals surface area (Å²) in [6, 6.07) is 4.01. The molecule has 1 aromatic carbocycles. The predicted molar refractivity (Wildman–Crippen MR) is 90.2 cm³/mol. The normalized spacial score (nSPS) is 15.0. The summed E-state index contributed by atoms with van der Waals surface area (Å²) in [5.74, 6) is 1.71. The van der Waals surface area contributed by atoms with Crippen LogP contribution in [0.1, 0.15) is 31.2 Å². The van der Waals surface area contributed by atoms with Crippen LogP contribution in [0.5, 0.6) is 17.2 Å². The maximum atomic E-state index is 12.3. The zero-order valence-electron chi connectivity index (χ0n) is 14.3. The van der Waals surface area contributed by atoms with E-state index < -0.39 is 0 Å². The number of ether oxygens (including phenoxy) is 3. The summed E-state index contributed by atoms with van der Waals surface area (Å²) in [5, 5.41) is 0. The highest BCUT2D eigenvalue weighted by molar-refractivity contribution is 5.92. The maximum absolute atomic E-state index is 12.3. The molecule has 1 aromatic rings. The van der Waals surface area contributed by atoms with Crippen molar-refractivity contribution in [2.75, 3.05) is 28.4 Å². The zero-order valence-corrected chi connectivity index (χ0v) is 14.3. The van der Waals surface area contributed by atoms with Crippen molar-refractivity contribution < 1.29 is 19.0 Å². The Kier molecular flexibility index (Phi) is 5.90. The van der Waals surface area contributed by atoms with Gasteiger partial charge in [0, 0.05) is 19.2 Å². The summed E-state index contributed by atoms with van der Waals surface area (Å²) >= 11 is 0. The smallest absolute Gasteiger partial charge is 0.246 e. The first-order valence-electron chi connectivity index (χ1n) is 7.85. The van der Waals surface area contributed by atoms with Gasteiger partial charge in [0.15, 0.2) is 11.5 Å². The first-order valence-corrected chi connectivity index (χ1v) is 7.85. The molecule has 0 spiro atoms. The van der Waals surface area contributed by atoms with E-state index in [-0.39, 0.29) is 5.91 Å². The molecule has 5 heteroatoms. The molecule has 23 heavy (non-hydrogen) atoms. The lowest BCUT2D eigenvalue weighted by atomic mass is 10.1. The van der Waals surface area contributed by atoms with Gasteiger partial charge in [0.1, 0.15) is 0 Å². The van der Waals surface area contributed by atoms with Gasteiger partial charge in [0.25, 0.3) is 0 Å². The van der Waals surface area contributed by atoms with Crippen molar-refractivity contribution in [2.24, 2.45) is 0 Å². The van der Waals surface area contributed by atoms with Crippen LogP contribution in [-0.2, 0) is 4.79 Å². The number of nitrogens with zero attached hydrogens (tertiary/aromatic N) is 1. The number of carbonyl (C=O) groups is 1. The molecule has 5 nitrogen and oxygen atoms in total. The number of benzene rings is 1. The monoisotopic (exact) mass is 319 g/mol. The van der Waals surface area contributed by atoms with E-state index in [1.54, 1.807) is 33.5 Å². The summed E-state index contributed by atoms with van der Waals surface area (Å²) < 4.78 is 15.9. The Morgan fingerprint density at radius 1 is 1.09 bits per heavy atom. The molecule has 0 radical (unpaired) electrons. The minimum absolute atomic E-state index is 0.0191. The number of hydrogen-bond acceptors (Lipinski definition) is 4. The molecular weight excluding hydrogens is 294 g/mol. The maximum Gasteiger partial charge on any atom is 0.246 e. The van der Waals surface area contributed by atoms with Gasteiger partial charge >= 0.3 is 0 Å². The molecule has 0 unspecified atom stereocenters. The minimum atomic E-state index is 0.0191. The number of amides is 1. The average molecular weight is 319 g/mol. The van der Waals surface area contributed by atoms with E-state index in [1.807, 2.05) is 24.1 Å². The van der Waals surface area contributed by atoms with Crippen LogP contribution < -0.4 is 14.2 Å². The van der Waals surface area contributed by atoms with Crippen LogP contribution in [0.3, 0.4) is 0 Å². The van der Waals surface area contributed by atoms with Crippen molar-refractivity contribution in [3.63, 3.8) is 0 Å². The molecule has 1 saturated carbocycles. The number of hydrogen-bond donors (Lipinski definition) is 0. The molecule has 1 aliphatic rings. The van der Waals surface area contributed by atoms with Gasteiger partial charge in [-0.3, -0.25) is 4.79 Å². The third-order valence-electron chi connectivity index (χ3n) is 4.33. The average Bonchev–Trinajstić information content (AvgIpc) is 3.12. The van der Waals surface area contributed by atoms with E-state index in [2.05, 4.69) is 0 Å². The number of carbonyl (C=O) groups excluding carboxylic acids is 1. The molecule has 0 aliphatic heterocycles. The second-order valence-electron chi connectivity index (χ2n) is 5.68. The molecule has 0 aromatic heterocycles. The fourth-order valence-corrected chi connectivity index (χ4v) is 2.95. The Morgan fingerprint density at radius 3 is 2.13 bits per heavy atom. The van der Waals surface area contributed by atoms with E-state index >= 15 is 0 Å². The minimum Gasteiger partial charge on any atom is -0.493 e. The first-order chi connectivity index (χ1) is 11.1. The van der Waals surface area contributed by atoms with Crippen molar-refractivity contribution >= 4 is 12.0 Å². The molecule has 0 bridgehead atoms. The summed E-state index contributed by atoms with van der Waals surface area (Å²) in [6.45, 7) is 0. The topological polar surface area (TPSA) is 48.0 Å². The molecule has 1 fully saturated rings. The SMILES string of the molecule is COc1cc(/C=C/C(=O)N(C)C2CCCC2)cc(OC)c1OC. The van der Waals surface area contributed by atoms with Gasteiger partial charge in [-0.25, -0.2) is 0 Å². The van der Waals surface area contributed by atoms with Crippen molar-refractivity contribution in [3.05, 3.63) is 23.8 Å². The molecule has 1 aliphatic carbocycles. The molecule has 126 valence electrons. The van der Waals surface area contributed by atoms with Gasteiger partial charge < -0.3 is 19.1 Å². The number of likely N-dealkylation sites (N-methyl/N-ethyl adjacent to an activating group) is 1. The second-order valence-corrected chi connectivity index (χ2v) is 5.68. The highest BCUT2D eigenvalue weighted by Gasteiger charge is 2.22. The molecule has 0 atom stereocenters. The summed E-state index contributed by atoms with van der Waals surface area (Å²) in [5.41, 5.74) is 0.827. The lowest BCUT2D eigenvalue weighted by Crippen LogP contribution is -2.33. The van der Waals surface area contributed by atoms with Crippen LogP contribution in [0.4, 0.5) is 0 Å². The molecule has 0 saturated heterocycles. The first kappa shape index (κ1) is 17.2. The van der Waals surface area contributed by atoms with Gasteiger partial charge in [-0.1, -0.05) is 12.8 Å². The van der Waals surface area contributed by atoms with Crippen LogP contribution in [0.2, 0.25) is 0 Å². The second kappa shape index (κ2) is 7.90. The zero-order chi connectivity index (χ0) is 16.8. The Balaban J connectivity index is 2.16. The Hall–Kier alpha value is -2.17. The summed E-state index contributed by atoms with van der Waals surface area (Å²) in [6.07, 6.45) is 7.98. The molecule has 0 heterocycles. The summed E-state index contributed by atoms with van der Waals surface area (Å²) in [4.78, 5) is 14.1. The quantitative estimate of drug-likeness (QED) is 0.756. The largest absolute Gasteiger partial charge is 0.493 e. The van der Waals surface area contributed by atoms with Crippen LogP contribution in [0, 0.1) is 0 Å². The van der Waals surface area contributed by atoms with Gasteiger partial charge in [-0.15, -0.1) is 0 Å². The van der Waals surface area contributed by atoms with E-state index in [1.165, 1.54) is 12.8 Å². The highest BCUT2D eigenvalue weighted by Crippen LogP contribution is 2.38. The standard InChI is InChI=1S/C18H25NO4/c1-19(14-7-5-6-8-14)17(20)10-9-13-11-15(21-2)18(23-4)16(12-13)22-3/h9-12,14H,5-8H2,1-4H3/b10-9+. The summed E-state index contributed by atoms with van der Waals surface area (Å²) in [7, 11) is 6.58. The fourth-order valence-electron chi connectivity index (χ4n) is 2.95. The Bertz CT molecular complexity index is 551. The van der Waals surface area contributed by atoms with Gasteiger partial charge in [0.05, 0.1) is 21.3 Å². The Morgan fingerprint density at radius 2 is 1.65 bits per heavy atom. The van der Waals surface area contributed by atoms with E-state index in [4.69, 9.17) is 14.2 Å². The predicted octanol–water partition coefficient (Wildman–Crippen LogP) is 3.13. The van der Waals surface area contributed by atoms with Crippen molar-refractivity contribution in [1.82, 2.24) is 4.90 Å². The van der Waals surface area contributed by atoms with Gasteiger partial charge in [-0.2, -0.15) is 0 Å². The highest BCUT2D eigenvalue weighted by atomic mass is 16.5. The molecule has 2 rings (SSSR count). The molecule has 0 N–H and O–H groups in total. The lowest BCUT2D eigenvalue weighted by Gasteiger charge is -2.22. The van der Waals surface area contributed by atoms with Crippen LogP contribution in [0.25, 0.3) is 6.08 Å². The van der Waals surface area contributed by atoms with Crippen LogP contribution >= 0.6 is 0 Å². The number of methoxy groups -OCH3 is 3. The van der Waals surface area contributed by atoms with Crippen LogP contribution in [-0.4, -0.2) is 45.2 Å². The van der Waals surface area contributed by atoms with E-state index in [0.717, 1.165) is 18.4 Å². The van der Waals surface area contributed by atoms with E-state index in [0.29, 0.717) is 23.3 Å². The third kappa shape index (κ3) is 3.97.